The Hall–Kier alpha value is 0.270. The minimum Gasteiger partial charge on any atom is -0.381 e. The maximum absolute atomic E-state index is 5.23. The van der Waals surface area contributed by atoms with Crippen molar-refractivity contribution < 1.29 is 9.47 Å². The van der Waals surface area contributed by atoms with Gasteiger partial charge in [0.25, 0.3) is 0 Å². The summed E-state index contributed by atoms with van der Waals surface area (Å²) in [5.41, 5.74) is 0. The highest BCUT2D eigenvalue weighted by molar-refractivity contribution is 7.80. The van der Waals surface area contributed by atoms with Gasteiger partial charge in [0.15, 0.2) is 0 Å². The van der Waals surface area contributed by atoms with Crippen LogP contribution in [0.2, 0.25) is 0 Å². The van der Waals surface area contributed by atoms with E-state index < -0.39 is 0 Å². The highest BCUT2D eigenvalue weighted by atomic mass is 32.1. The molecule has 0 bridgehead atoms. The van der Waals surface area contributed by atoms with Crippen LogP contribution in [0, 0.1) is 5.92 Å². The van der Waals surface area contributed by atoms with E-state index in [2.05, 4.69) is 12.6 Å². The third kappa shape index (κ3) is 2.56. The van der Waals surface area contributed by atoms with Crippen molar-refractivity contribution in [2.75, 3.05) is 32.2 Å². The molecule has 3 heteroatoms. The summed E-state index contributed by atoms with van der Waals surface area (Å²) >= 11 is 4.01. The smallest absolute Gasteiger partial charge is 0.0554 e. The number of hydrogen-bond donors (Lipinski definition) is 1. The second kappa shape index (κ2) is 4.14. The molecule has 0 unspecified atom stereocenters. The van der Waals surface area contributed by atoms with E-state index in [0.717, 1.165) is 32.2 Å². The van der Waals surface area contributed by atoms with Crippen molar-refractivity contribution in [3.05, 3.63) is 0 Å². The fourth-order valence-electron chi connectivity index (χ4n) is 0.695. The van der Waals surface area contributed by atoms with Gasteiger partial charge >= 0.3 is 0 Å². The lowest BCUT2D eigenvalue weighted by Crippen LogP contribution is -2.31. The Morgan fingerprint density at radius 3 is 2.78 bits per heavy atom. The summed E-state index contributed by atoms with van der Waals surface area (Å²) in [6, 6.07) is 0. The molecular formula is C6H12O2S. The van der Waals surface area contributed by atoms with E-state index >= 15 is 0 Å². The van der Waals surface area contributed by atoms with Crippen LogP contribution in [-0.2, 0) is 9.47 Å². The summed E-state index contributed by atoms with van der Waals surface area (Å²) < 4.78 is 10.2. The molecule has 0 atom stereocenters. The average molecular weight is 148 g/mol. The third-order valence-electron chi connectivity index (χ3n) is 1.30. The summed E-state index contributed by atoms with van der Waals surface area (Å²) in [6.45, 7) is 3.37. The topological polar surface area (TPSA) is 18.5 Å². The molecule has 0 aromatic carbocycles. The van der Waals surface area contributed by atoms with Crippen molar-refractivity contribution in [2.24, 2.45) is 5.92 Å². The predicted molar refractivity (Wildman–Crippen MR) is 39.0 cm³/mol. The maximum Gasteiger partial charge on any atom is 0.0554 e. The van der Waals surface area contributed by atoms with Gasteiger partial charge in [-0.1, -0.05) is 0 Å². The molecule has 0 spiro atoms. The van der Waals surface area contributed by atoms with E-state index in [1.165, 1.54) is 0 Å². The van der Waals surface area contributed by atoms with Gasteiger partial charge in [-0.2, -0.15) is 12.6 Å². The number of rotatable bonds is 4. The van der Waals surface area contributed by atoms with Gasteiger partial charge in [0.1, 0.15) is 0 Å². The molecule has 1 rings (SSSR count). The summed E-state index contributed by atoms with van der Waals surface area (Å²) in [5, 5.41) is 0. The van der Waals surface area contributed by atoms with E-state index in [4.69, 9.17) is 9.47 Å². The molecule has 0 N–H and O–H groups in total. The van der Waals surface area contributed by atoms with Crippen molar-refractivity contribution in [1.82, 2.24) is 0 Å². The molecule has 0 aromatic heterocycles. The fraction of sp³-hybridized carbons (Fsp3) is 1.00. The highest BCUT2D eigenvalue weighted by Crippen LogP contribution is 2.09. The van der Waals surface area contributed by atoms with Crippen LogP contribution in [0.1, 0.15) is 0 Å². The zero-order valence-electron chi connectivity index (χ0n) is 5.38. The summed E-state index contributed by atoms with van der Waals surface area (Å²) in [5.74, 6) is 1.47. The second-order valence-electron chi connectivity index (χ2n) is 2.20. The Labute approximate surface area is 60.9 Å². The van der Waals surface area contributed by atoms with E-state index in [9.17, 15) is 0 Å². The Bertz CT molecular complexity index is 73.5. The molecule has 0 aromatic rings. The molecule has 54 valence electrons. The van der Waals surface area contributed by atoms with Gasteiger partial charge < -0.3 is 9.47 Å². The standard InChI is InChI=1S/C6H12O2S/c9-2-1-7-3-6-4-8-5-6/h6,9H,1-5H2. The van der Waals surface area contributed by atoms with Crippen LogP contribution in [0.4, 0.5) is 0 Å². The molecule has 0 saturated carbocycles. The lowest BCUT2D eigenvalue weighted by atomic mass is 10.1. The number of ether oxygens (including phenoxy) is 2. The minimum atomic E-state index is 0.657. The van der Waals surface area contributed by atoms with Crippen molar-refractivity contribution in [2.45, 2.75) is 0 Å². The largest absolute Gasteiger partial charge is 0.381 e. The molecule has 0 radical (unpaired) electrons. The molecule has 1 aliphatic rings. The first-order chi connectivity index (χ1) is 4.43. The third-order valence-corrected chi connectivity index (χ3v) is 1.48. The summed E-state index contributed by atoms with van der Waals surface area (Å²) in [4.78, 5) is 0. The van der Waals surface area contributed by atoms with Gasteiger partial charge in [-0.15, -0.1) is 0 Å². The van der Waals surface area contributed by atoms with Crippen LogP contribution >= 0.6 is 12.6 Å². The molecule has 9 heavy (non-hydrogen) atoms. The highest BCUT2D eigenvalue weighted by Gasteiger charge is 2.17. The molecule has 1 aliphatic heterocycles. The van der Waals surface area contributed by atoms with Gasteiger partial charge in [-0.25, -0.2) is 0 Å². The van der Waals surface area contributed by atoms with Crippen LogP contribution in [0.15, 0.2) is 0 Å². The van der Waals surface area contributed by atoms with Crippen LogP contribution in [0.3, 0.4) is 0 Å². The Morgan fingerprint density at radius 2 is 2.33 bits per heavy atom. The lowest BCUT2D eigenvalue weighted by molar-refractivity contribution is -0.0695. The first kappa shape index (κ1) is 7.38. The first-order valence-electron chi connectivity index (χ1n) is 3.20. The minimum absolute atomic E-state index is 0.657. The summed E-state index contributed by atoms with van der Waals surface area (Å²) in [7, 11) is 0. The molecule has 0 amide bonds. The monoisotopic (exact) mass is 148 g/mol. The van der Waals surface area contributed by atoms with E-state index in [1.807, 2.05) is 0 Å². The van der Waals surface area contributed by atoms with E-state index in [1.54, 1.807) is 0 Å². The van der Waals surface area contributed by atoms with E-state index in [-0.39, 0.29) is 0 Å². The van der Waals surface area contributed by atoms with Crippen molar-refractivity contribution in [1.29, 1.82) is 0 Å². The zero-order chi connectivity index (χ0) is 6.53. The molecule has 1 fully saturated rings. The molecule has 1 saturated heterocycles. The van der Waals surface area contributed by atoms with Crippen molar-refractivity contribution in [3.8, 4) is 0 Å². The van der Waals surface area contributed by atoms with Crippen LogP contribution in [0.25, 0.3) is 0 Å². The number of thiol groups is 1. The van der Waals surface area contributed by atoms with Gasteiger partial charge in [0, 0.05) is 11.7 Å². The van der Waals surface area contributed by atoms with Gasteiger partial charge in [-0.05, 0) is 0 Å². The zero-order valence-corrected chi connectivity index (χ0v) is 6.27. The average Bonchev–Trinajstić information content (AvgIpc) is 1.76. The van der Waals surface area contributed by atoms with E-state index in [0.29, 0.717) is 5.92 Å². The SMILES string of the molecule is SCCOCC1COC1. The molecular weight excluding hydrogens is 136 g/mol. The van der Waals surface area contributed by atoms with Crippen molar-refractivity contribution in [3.63, 3.8) is 0 Å². The second-order valence-corrected chi connectivity index (χ2v) is 2.65. The quantitative estimate of drug-likeness (QED) is 0.464. The van der Waals surface area contributed by atoms with Gasteiger partial charge in [0.05, 0.1) is 26.4 Å². The van der Waals surface area contributed by atoms with Crippen LogP contribution in [0.5, 0.6) is 0 Å². The summed E-state index contributed by atoms with van der Waals surface area (Å²) in [6.07, 6.45) is 0. The first-order valence-corrected chi connectivity index (χ1v) is 3.83. The molecule has 2 nitrogen and oxygen atoms in total. The Kier molecular flexibility index (Phi) is 3.40. The normalized spacial score (nSPS) is 19.7. The predicted octanol–water partition coefficient (Wildman–Crippen LogP) is 0.579. The van der Waals surface area contributed by atoms with Crippen molar-refractivity contribution >= 4 is 12.6 Å². The maximum atomic E-state index is 5.23. The van der Waals surface area contributed by atoms with Gasteiger partial charge in [-0.3, -0.25) is 0 Å². The van der Waals surface area contributed by atoms with Gasteiger partial charge in [0.2, 0.25) is 0 Å². The number of hydrogen-bond acceptors (Lipinski definition) is 3. The molecule has 0 aliphatic carbocycles. The fourth-order valence-corrected chi connectivity index (χ4v) is 0.824. The molecule has 1 heterocycles. The lowest BCUT2D eigenvalue weighted by Gasteiger charge is -2.25. The Balaban J connectivity index is 1.80. The van der Waals surface area contributed by atoms with Crippen LogP contribution in [-0.4, -0.2) is 32.2 Å². The van der Waals surface area contributed by atoms with Crippen LogP contribution < -0.4 is 0 Å². The Morgan fingerprint density at radius 1 is 1.56 bits per heavy atom.